The first-order chi connectivity index (χ1) is 11.3. The lowest BCUT2D eigenvalue weighted by molar-refractivity contribution is 0.132. The van der Waals surface area contributed by atoms with Gasteiger partial charge >= 0.3 is 6.92 Å². The molecule has 0 amide bonds. The molecule has 0 aliphatic heterocycles. The molecule has 128 valence electrons. The van der Waals surface area contributed by atoms with Gasteiger partial charge < -0.3 is 15.5 Å². The van der Waals surface area contributed by atoms with Crippen LogP contribution in [0.1, 0.15) is 6.92 Å². The van der Waals surface area contributed by atoms with Crippen molar-refractivity contribution in [2.24, 2.45) is 5.73 Å². The Labute approximate surface area is 149 Å². The smallest absolute Gasteiger partial charge is 0.361 e. The largest absolute Gasteiger partial charge is 0.425 e. The van der Waals surface area contributed by atoms with E-state index in [1.54, 1.807) is 12.1 Å². The van der Waals surface area contributed by atoms with Crippen LogP contribution in [0.3, 0.4) is 0 Å². The van der Waals surface area contributed by atoms with Crippen LogP contribution in [0.5, 0.6) is 0 Å². The van der Waals surface area contributed by atoms with E-state index in [9.17, 15) is 13.9 Å². The van der Waals surface area contributed by atoms with Crippen LogP contribution in [-0.2, 0) is 4.65 Å². The highest BCUT2D eigenvalue weighted by Crippen LogP contribution is 2.14. The summed E-state index contributed by atoms with van der Waals surface area (Å²) < 4.78 is 33.3. The molecular weight excluding hydrogens is 358 g/mol. The van der Waals surface area contributed by atoms with E-state index < -0.39 is 30.7 Å². The van der Waals surface area contributed by atoms with Crippen LogP contribution in [0.4, 0.5) is 8.78 Å². The molecule has 3 N–H and O–H groups in total. The van der Waals surface area contributed by atoms with Crippen molar-refractivity contribution in [1.82, 2.24) is 0 Å². The maximum Gasteiger partial charge on any atom is 0.361 e. The minimum absolute atomic E-state index is 0.00315. The standard InChI is InChI=1S/C16H16BCl2F2NO2/c1-9(23)16(22)8-24-17(10-2-4-12(18)14(20)6-10)11-3-5-13(19)15(21)7-11/h2-7,9,16,23H,8,22H2,1H3. The second-order valence-electron chi connectivity index (χ2n) is 5.46. The maximum absolute atomic E-state index is 13.8. The highest BCUT2D eigenvalue weighted by molar-refractivity contribution is 6.80. The van der Waals surface area contributed by atoms with Gasteiger partial charge in [0.15, 0.2) is 0 Å². The summed E-state index contributed by atoms with van der Waals surface area (Å²) in [5, 5.41) is 9.42. The Balaban J connectivity index is 2.36. The summed E-state index contributed by atoms with van der Waals surface area (Å²) in [5.41, 5.74) is 6.65. The average Bonchev–Trinajstić information content (AvgIpc) is 2.53. The quantitative estimate of drug-likeness (QED) is 0.762. The monoisotopic (exact) mass is 373 g/mol. The molecule has 0 aromatic heterocycles. The van der Waals surface area contributed by atoms with Crippen LogP contribution < -0.4 is 16.7 Å². The molecule has 0 fully saturated rings. The van der Waals surface area contributed by atoms with Crippen molar-refractivity contribution in [2.75, 3.05) is 6.61 Å². The molecule has 0 saturated heterocycles. The van der Waals surface area contributed by atoms with Crippen LogP contribution in [0.2, 0.25) is 10.0 Å². The van der Waals surface area contributed by atoms with Crippen molar-refractivity contribution in [2.45, 2.75) is 19.1 Å². The summed E-state index contributed by atoms with van der Waals surface area (Å²) in [4.78, 5) is 0. The zero-order valence-corrected chi connectivity index (χ0v) is 14.4. The average molecular weight is 374 g/mol. The van der Waals surface area contributed by atoms with Gasteiger partial charge in [0.2, 0.25) is 0 Å². The molecule has 0 spiro atoms. The summed E-state index contributed by atoms with van der Waals surface area (Å²) in [5.74, 6) is -1.23. The molecule has 2 atom stereocenters. The molecule has 3 nitrogen and oxygen atoms in total. The molecule has 2 aromatic carbocycles. The molecule has 0 aliphatic carbocycles. The minimum atomic E-state index is -0.784. The van der Waals surface area contributed by atoms with Gasteiger partial charge in [-0.1, -0.05) is 35.3 Å². The van der Waals surface area contributed by atoms with E-state index in [1.807, 2.05) is 0 Å². The maximum atomic E-state index is 13.8. The number of hydrogen-bond donors (Lipinski definition) is 2. The first kappa shape index (κ1) is 19.2. The van der Waals surface area contributed by atoms with Crippen molar-refractivity contribution in [3.8, 4) is 0 Å². The predicted molar refractivity (Wildman–Crippen MR) is 93.5 cm³/mol. The Morgan fingerprint density at radius 1 is 1.08 bits per heavy atom. The second-order valence-corrected chi connectivity index (χ2v) is 6.28. The second kappa shape index (κ2) is 8.27. The lowest BCUT2D eigenvalue weighted by Crippen LogP contribution is -2.49. The Morgan fingerprint density at radius 2 is 1.54 bits per heavy atom. The summed E-state index contributed by atoms with van der Waals surface area (Å²) >= 11 is 11.4. The number of benzene rings is 2. The first-order valence-corrected chi connectivity index (χ1v) is 8.00. The van der Waals surface area contributed by atoms with E-state index in [0.29, 0.717) is 10.9 Å². The first-order valence-electron chi connectivity index (χ1n) is 7.24. The van der Waals surface area contributed by atoms with Gasteiger partial charge in [0.25, 0.3) is 0 Å². The molecule has 2 rings (SSSR count). The number of aliphatic hydroxyl groups is 1. The summed E-state index contributed by atoms with van der Waals surface area (Å²) in [6, 6.07) is 7.74. The van der Waals surface area contributed by atoms with Crippen LogP contribution in [0, 0.1) is 11.6 Å². The van der Waals surface area contributed by atoms with Crippen molar-refractivity contribution >= 4 is 41.0 Å². The number of halogens is 4. The Bertz CT molecular complexity index is 667. The van der Waals surface area contributed by atoms with E-state index in [4.69, 9.17) is 33.6 Å². The highest BCUT2D eigenvalue weighted by atomic mass is 35.5. The van der Waals surface area contributed by atoms with E-state index >= 15 is 0 Å². The number of aliphatic hydroxyl groups excluding tert-OH is 1. The third kappa shape index (κ3) is 4.68. The molecule has 0 bridgehead atoms. The van der Waals surface area contributed by atoms with Gasteiger partial charge in [0.1, 0.15) is 11.6 Å². The topological polar surface area (TPSA) is 55.5 Å². The highest BCUT2D eigenvalue weighted by Gasteiger charge is 2.25. The lowest BCUT2D eigenvalue weighted by atomic mass is 9.55. The van der Waals surface area contributed by atoms with Crippen LogP contribution in [-0.4, -0.2) is 30.8 Å². The molecule has 24 heavy (non-hydrogen) atoms. The lowest BCUT2D eigenvalue weighted by Gasteiger charge is -2.20. The zero-order chi connectivity index (χ0) is 17.9. The predicted octanol–water partition coefficient (Wildman–Crippen LogP) is 2.10. The van der Waals surface area contributed by atoms with Crippen LogP contribution >= 0.6 is 23.2 Å². The van der Waals surface area contributed by atoms with Gasteiger partial charge in [-0.2, -0.15) is 0 Å². The van der Waals surface area contributed by atoms with E-state index in [0.717, 1.165) is 0 Å². The molecule has 2 unspecified atom stereocenters. The normalized spacial score (nSPS) is 13.6. The van der Waals surface area contributed by atoms with Crippen molar-refractivity contribution in [1.29, 1.82) is 0 Å². The summed E-state index contributed by atoms with van der Waals surface area (Å²) in [6.07, 6.45) is -0.783. The van der Waals surface area contributed by atoms with E-state index in [2.05, 4.69) is 0 Å². The fourth-order valence-electron chi connectivity index (χ4n) is 2.08. The molecule has 0 radical (unpaired) electrons. The molecule has 0 heterocycles. The molecule has 2 aromatic rings. The Kier molecular flexibility index (Phi) is 6.60. The summed E-state index contributed by atoms with van der Waals surface area (Å²) in [6.45, 7) is 0.748. The number of rotatable bonds is 6. The number of nitrogens with two attached hydrogens (primary N) is 1. The van der Waals surface area contributed by atoms with Crippen molar-refractivity contribution in [3.05, 3.63) is 58.1 Å². The third-order valence-corrected chi connectivity index (χ3v) is 4.18. The Morgan fingerprint density at radius 3 is 1.92 bits per heavy atom. The van der Waals surface area contributed by atoms with Gasteiger partial charge in [-0.15, -0.1) is 0 Å². The van der Waals surface area contributed by atoms with E-state index in [1.165, 1.54) is 31.2 Å². The Hall–Kier alpha value is -1.18. The molecular formula is C16H16BCl2F2NO2. The van der Waals surface area contributed by atoms with Gasteiger partial charge in [-0.05, 0) is 42.1 Å². The van der Waals surface area contributed by atoms with Crippen LogP contribution in [0.25, 0.3) is 0 Å². The fraction of sp³-hybridized carbons (Fsp3) is 0.250. The molecule has 0 saturated carbocycles. The van der Waals surface area contributed by atoms with Gasteiger partial charge in [-0.25, -0.2) is 8.78 Å². The van der Waals surface area contributed by atoms with Crippen molar-refractivity contribution < 1.29 is 18.5 Å². The van der Waals surface area contributed by atoms with E-state index in [-0.39, 0.29) is 16.7 Å². The van der Waals surface area contributed by atoms with Crippen LogP contribution in [0.15, 0.2) is 36.4 Å². The third-order valence-electron chi connectivity index (χ3n) is 3.57. The zero-order valence-electron chi connectivity index (χ0n) is 12.8. The van der Waals surface area contributed by atoms with Gasteiger partial charge in [-0.3, -0.25) is 0 Å². The SMILES string of the molecule is CC(O)C(N)COB(c1ccc(Cl)c(F)c1)c1ccc(Cl)c(F)c1. The number of hydrogen-bond acceptors (Lipinski definition) is 3. The molecule has 8 heteroatoms. The minimum Gasteiger partial charge on any atom is -0.425 e. The molecule has 0 aliphatic rings. The fourth-order valence-corrected chi connectivity index (χ4v) is 2.32. The van der Waals surface area contributed by atoms with Gasteiger partial charge in [0.05, 0.1) is 22.2 Å². The van der Waals surface area contributed by atoms with Gasteiger partial charge in [0, 0.05) is 6.61 Å². The van der Waals surface area contributed by atoms with Crippen molar-refractivity contribution in [3.63, 3.8) is 0 Å². The summed E-state index contributed by atoms with van der Waals surface area (Å²) in [7, 11) is 0.